The number of aromatic nitrogens is 1. The Hall–Kier alpha value is -2.97. The third-order valence-corrected chi connectivity index (χ3v) is 6.11. The number of carbonyl (C=O) groups is 1. The lowest BCUT2D eigenvalue weighted by Crippen LogP contribution is -2.44. The van der Waals surface area contributed by atoms with Crippen LogP contribution in [0.4, 0.5) is 5.69 Å². The number of nitrogens with one attached hydrogen (secondary N) is 3. The van der Waals surface area contributed by atoms with E-state index >= 15 is 0 Å². The Bertz CT molecular complexity index is 1220. The van der Waals surface area contributed by atoms with E-state index in [-0.39, 0.29) is 16.4 Å². The second-order valence-corrected chi connectivity index (χ2v) is 9.44. The molecular weight excluding hydrogens is 402 g/mol. The zero-order valence-electron chi connectivity index (χ0n) is 17.1. The van der Waals surface area contributed by atoms with E-state index in [4.69, 9.17) is 0 Å². The van der Waals surface area contributed by atoms with Crippen molar-refractivity contribution in [1.29, 1.82) is 0 Å². The molecule has 30 heavy (non-hydrogen) atoms. The van der Waals surface area contributed by atoms with E-state index in [1.165, 1.54) is 24.3 Å². The van der Waals surface area contributed by atoms with Gasteiger partial charge in [-0.15, -0.1) is 0 Å². The van der Waals surface area contributed by atoms with Gasteiger partial charge < -0.3 is 10.3 Å². The van der Waals surface area contributed by atoms with E-state index in [1.54, 1.807) is 18.2 Å². The number of rotatable bonds is 7. The van der Waals surface area contributed by atoms with Gasteiger partial charge in [-0.2, -0.15) is 4.72 Å². The minimum Gasteiger partial charge on any atom is -0.325 e. The monoisotopic (exact) mass is 427 g/mol. The molecule has 0 aliphatic heterocycles. The number of hydrogen-bond acceptors (Lipinski definition) is 4. The van der Waals surface area contributed by atoms with Crippen molar-refractivity contribution in [3.05, 3.63) is 70.5 Å². The fourth-order valence-corrected chi connectivity index (χ4v) is 4.34. The highest BCUT2D eigenvalue weighted by molar-refractivity contribution is 7.89. The maximum atomic E-state index is 13.0. The van der Waals surface area contributed by atoms with E-state index in [2.05, 4.69) is 15.0 Å². The van der Waals surface area contributed by atoms with Crippen LogP contribution in [0.5, 0.6) is 0 Å². The lowest BCUT2D eigenvalue weighted by Gasteiger charge is -2.20. The van der Waals surface area contributed by atoms with Crippen LogP contribution in [0.1, 0.15) is 25.8 Å². The van der Waals surface area contributed by atoms with Crippen molar-refractivity contribution in [3.63, 3.8) is 0 Å². The average Bonchev–Trinajstić information content (AvgIpc) is 2.68. The summed E-state index contributed by atoms with van der Waals surface area (Å²) in [5, 5.41) is 3.36. The molecule has 2 aromatic carbocycles. The zero-order chi connectivity index (χ0) is 21.9. The van der Waals surface area contributed by atoms with Crippen LogP contribution in [0.15, 0.2) is 64.3 Å². The molecule has 3 N–H and O–H groups in total. The number of aryl methyl sites for hydroxylation is 1. The Morgan fingerprint density at radius 2 is 1.73 bits per heavy atom. The van der Waals surface area contributed by atoms with Gasteiger partial charge in [0.25, 0.3) is 0 Å². The minimum atomic E-state index is -3.95. The van der Waals surface area contributed by atoms with Gasteiger partial charge in [-0.25, -0.2) is 8.42 Å². The van der Waals surface area contributed by atoms with Crippen LogP contribution in [0.3, 0.4) is 0 Å². The van der Waals surface area contributed by atoms with Crippen molar-refractivity contribution in [1.82, 2.24) is 9.71 Å². The number of anilines is 1. The van der Waals surface area contributed by atoms with Gasteiger partial charge in [0, 0.05) is 17.3 Å². The van der Waals surface area contributed by atoms with E-state index in [1.807, 2.05) is 32.9 Å². The predicted molar refractivity (Wildman–Crippen MR) is 118 cm³/mol. The quantitative estimate of drug-likeness (QED) is 0.538. The first-order chi connectivity index (χ1) is 14.1. The standard InChI is InChI=1S/C22H25N3O4S/c1-14(2)12-20(22(27)23-17-7-4-15(3)5-8-17)25-30(28,29)18-9-10-19-16(13-18)6-11-21(26)24-19/h4-11,13-14,20,25H,12H2,1-3H3,(H,23,27)(H,24,26)/t20-/m0/s1. The first-order valence-electron chi connectivity index (χ1n) is 9.67. The number of benzene rings is 2. The number of hydrogen-bond donors (Lipinski definition) is 3. The SMILES string of the molecule is Cc1ccc(NC(=O)[C@H](CC(C)C)NS(=O)(=O)c2ccc3[nH]c(=O)ccc3c2)cc1. The number of fused-ring (bicyclic) bond motifs is 1. The second-order valence-electron chi connectivity index (χ2n) is 7.73. The van der Waals surface area contributed by atoms with Crippen LogP contribution in [-0.4, -0.2) is 25.4 Å². The second kappa shape index (κ2) is 8.81. The number of sulfonamides is 1. The van der Waals surface area contributed by atoms with Crippen LogP contribution < -0.4 is 15.6 Å². The number of carbonyl (C=O) groups excluding carboxylic acids is 1. The first kappa shape index (κ1) is 21.7. The molecule has 0 saturated heterocycles. The molecule has 158 valence electrons. The fraction of sp³-hybridized carbons (Fsp3) is 0.273. The number of aromatic amines is 1. The van der Waals surface area contributed by atoms with Crippen molar-refractivity contribution in [2.75, 3.05) is 5.32 Å². The van der Waals surface area contributed by atoms with Crippen molar-refractivity contribution in [3.8, 4) is 0 Å². The molecule has 0 aliphatic rings. The molecule has 1 atom stereocenters. The average molecular weight is 428 g/mol. The summed E-state index contributed by atoms with van der Waals surface area (Å²) < 4.78 is 28.5. The molecule has 7 nitrogen and oxygen atoms in total. The van der Waals surface area contributed by atoms with E-state index in [0.29, 0.717) is 23.0 Å². The van der Waals surface area contributed by atoms with Gasteiger partial charge in [-0.05, 0) is 61.0 Å². The first-order valence-corrected chi connectivity index (χ1v) is 11.2. The maximum absolute atomic E-state index is 13.0. The van der Waals surface area contributed by atoms with Crippen molar-refractivity contribution < 1.29 is 13.2 Å². The fourth-order valence-electron chi connectivity index (χ4n) is 3.10. The highest BCUT2D eigenvalue weighted by Gasteiger charge is 2.27. The van der Waals surface area contributed by atoms with Gasteiger partial charge in [0.15, 0.2) is 0 Å². The molecule has 3 rings (SSSR count). The summed E-state index contributed by atoms with van der Waals surface area (Å²) in [5.74, 6) is -0.315. The Kier molecular flexibility index (Phi) is 6.38. The van der Waals surface area contributed by atoms with Crippen molar-refractivity contribution >= 4 is 32.5 Å². The lowest BCUT2D eigenvalue weighted by atomic mass is 10.0. The Morgan fingerprint density at radius 1 is 1.03 bits per heavy atom. The Balaban J connectivity index is 1.85. The van der Waals surface area contributed by atoms with Crippen molar-refractivity contribution in [2.45, 2.75) is 38.1 Å². The molecule has 8 heteroatoms. The topological polar surface area (TPSA) is 108 Å². The predicted octanol–water partition coefficient (Wildman–Crippen LogP) is 3.17. The summed E-state index contributed by atoms with van der Waals surface area (Å²) in [6.07, 6.45) is 0.345. The molecule has 0 unspecified atom stereocenters. The molecular formula is C22H25N3O4S. The molecule has 1 amide bonds. The van der Waals surface area contributed by atoms with Crippen LogP contribution >= 0.6 is 0 Å². The molecule has 0 aliphatic carbocycles. The third kappa shape index (κ3) is 5.34. The molecule has 0 fully saturated rings. The summed E-state index contributed by atoms with van der Waals surface area (Å²) in [7, 11) is -3.95. The zero-order valence-corrected chi connectivity index (χ0v) is 17.9. The summed E-state index contributed by atoms with van der Waals surface area (Å²) in [6.45, 7) is 5.79. The van der Waals surface area contributed by atoms with E-state index in [0.717, 1.165) is 5.56 Å². The molecule has 3 aromatic rings. The normalized spacial score (nSPS) is 12.8. The molecule has 1 aromatic heterocycles. The molecule has 0 spiro atoms. The number of amides is 1. The summed E-state index contributed by atoms with van der Waals surface area (Å²) in [6, 6.07) is 13.7. The Morgan fingerprint density at radius 3 is 2.40 bits per heavy atom. The molecule has 0 bridgehead atoms. The Labute approximate surface area is 175 Å². The summed E-state index contributed by atoms with van der Waals surface area (Å²) in [5.41, 5.74) is 1.94. The van der Waals surface area contributed by atoms with Gasteiger partial charge in [0.1, 0.15) is 6.04 Å². The maximum Gasteiger partial charge on any atom is 0.248 e. The van der Waals surface area contributed by atoms with E-state index < -0.39 is 22.0 Å². The molecule has 1 heterocycles. The van der Waals surface area contributed by atoms with Gasteiger partial charge in [-0.1, -0.05) is 31.5 Å². The van der Waals surface area contributed by atoms with Gasteiger partial charge >= 0.3 is 0 Å². The smallest absolute Gasteiger partial charge is 0.248 e. The van der Waals surface area contributed by atoms with Crippen LogP contribution in [0.25, 0.3) is 10.9 Å². The summed E-state index contributed by atoms with van der Waals surface area (Å²) >= 11 is 0. The van der Waals surface area contributed by atoms with Crippen LogP contribution in [0.2, 0.25) is 0 Å². The summed E-state index contributed by atoms with van der Waals surface area (Å²) in [4.78, 5) is 26.9. The van der Waals surface area contributed by atoms with Gasteiger partial charge in [0.2, 0.25) is 21.5 Å². The van der Waals surface area contributed by atoms with Crippen LogP contribution in [-0.2, 0) is 14.8 Å². The molecule has 0 saturated carbocycles. The van der Waals surface area contributed by atoms with Crippen LogP contribution in [0, 0.1) is 12.8 Å². The van der Waals surface area contributed by atoms with E-state index in [9.17, 15) is 18.0 Å². The highest BCUT2D eigenvalue weighted by Crippen LogP contribution is 2.18. The highest BCUT2D eigenvalue weighted by atomic mass is 32.2. The number of H-pyrrole nitrogens is 1. The van der Waals surface area contributed by atoms with Crippen molar-refractivity contribution in [2.24, 2.45) is 5.92 Å². The third-order valence-electron chi connectivity index (χ3n) is 4.65. The van der Waals surface area contributed by atoms with Gasteiger partial charge in [0.05, 0.1) is 4.90 Å². The van der Waals surface area contributed by atoms with Gasteiger partial charge in [-0.3, -0.25) is 9.59 Å². The largest absolute Gasteiger partial charge is 0.325 e. The minimum absolute atomic E-state index is 0.0268. The lowest BCUT2D eigenvalue weighted by molar-refractivity contribution is -0.118. The number of pyridine rings is 1. The molecule has 0 radical (unpaired) electrons.